The minimum absolute atomic E-state index is 0.171. The largest absolute Gasteiger partial charge is 0.352 e. The number of rotatable bonds is 5. The van der Waals surface area contributed by atoms with Crippen molar-refractivity contribution in [1.29, 1.82) is 0 Å². The van der Waals surface area contributed by atoms with Gasteiger partial charge in [-0.3, -0.25) is 9.59 Å². The van der Waals surface area contributed by atoms with Gasteiger partial charge in [0.1, 0.15) is 6.54 Å². The summed E-state index contributed by atoms with van der Waals surface area (Å²) >= 11 is 1.88. The Morgan fingerprint density at radius 3 is 2.43 bits per heavy atom. The lowest BCUT2D eigenvalue weighted by atomic mass is 10.2. The first kappa shape index (κ1) is 20.0. The van der Waals surface area contributed by atoms with E-state index in [1.54, 1.807) is 36.7 Å². The van der Waals surface area contributed by atoms with Gasteiger partial charge in [0, 0.05) is 55.3 Å². The van der Waals surface area contributed by atoms with Crippen LogP contribution < -0.4 is 21.2 Å². The summed E-state index contributed by atoms with van der Waals surface area (Å²) in [6, 6.07) is 6.71. The molecule has 2 N–H and O–H groups in total. The van der Waals surface area contributed by atoms with E-state index in [4.69, 9.17) is 0 Å². The lowest BCUT2D eigenvalue weighted by Gasteiger charge is -2.27. The fourth-order valence-electron chi connectivity index (χ4n) is 3.21. The van der Waals surface area contributed by atoms with Crippen LogP contribution in [0.4, 0.5) is 17.2 Å². The highest BCUT2D eigenvalue weighted by atomic mass is 32.2. The van der Waals surface area contributed by atoms with E-state index in [-0.39, 0.29) is 18.4 Å². The Kier molecular flexibility index (Phi) is 5.70. The van der Waals surface area contributed by atoms with Crippen LogP contribution in [0.2, 0.25) is 0 Å². The standard InChI is InChI=1S/C19H21N7O3S/c1-13(27)21-14-2-4-15(5-3-14)22-16(28)12-26-19(29)25-7-6-20-17(18(25)23-26)24-8-10-30-11-9-24/h2-7H,8-12H2,1H3,(H,21,27)(H,22,28). The van der Waals surface area contributed by atoms with E-state index in [0.717, 1.165) is 29.3 Å². The average Bonchev–Trinajstić information content (AvgIpc) is 3.05. The number of aromatic nitrogens is 4. The van der Waals surface area contributed by atoms with Gasteiger partial charge < -0.3 is 15.5 Å². The highest BCUT2D eigenvalue weighted by Gasteiger charge is 2.20. The molecule has 0 bridgehead atoms. The smallest absolute Gasteiger partial charge is 0.350 e. The molecule has 3 heterocycles. The zero-order valence-corrected chi connectivity index (χ0v) is 17.2. The Balaban J connectivity index is 1.50. The summed E-state index contributed by atoms with van der Waals surface area (Å²) in [5.41, 5.74) is 1.24. The summed E-state index contributed by atoms with van der Waals surface area (Å²) in [4.78, 5) is 42.7. The zero-order chi connectivity index (χ0) is 21.1. The SMILES string of the molecule is CC(=O)Nc1ccc(NC(=O)Cn2nc3c(N4CCSCC4)nccn3c2=O)cc1. The molecule has 10 nitrogen and oxygen atoms in total. The Bertz CT molecular complexity index is 1130. The second-order valence-electron chi connectivity index (χ2n) is 6.79. The lowest BCUT2D eigenvalue weighted by molar-refractivity contribution is -0.117. The molecule has 0 aliphatic carbocycles. The first-order valence-electron chi connectivity index (χ1n) is 9.45. The van der Waals surface area contributed by atoms with Crippen molar-refractivity contribution in [1.82, 2.24) is 19.2 Å². The number of thioether (sulfide) groups is 1. The highest BCUT2D eigenvalue weighted by molar-refractivity contribution is 7.99. The minimum Gasteiger partial charge on any atom is -0.352 e. The predicted octanol–water partition coefficient (Wildman–Crippen LogP) is 1.04. The molecule has 4 rings (SSSR count). The van der Waals surface area contributed by atoms with Crippen LogP contribution in [0.25, 0.3) is 5.65 Å². The summed E-state index contributed by atoms with van der Waals surface area (Å²) in [5, 5.41) is 9.75. The van der Waals surface area contributed by atoms with Gasteiger partial charge in [-0.15, -0.1) is 5.10 Å². The van der Waals surface area contributed by atoms with Crippen molar-refractivity contribution < 1.29 is 9.59 Å². The van der Waals surface area contributed by atoms with Gasteiger partial charge in [0.15, 0.2) is 5.82 Å². The van der Waals surface area contributed by atoms with Gasteiger partial charge in [-0.1, -0.05) is 0 Å². The summed E-state index contributed by atoms with van der Waals surface area (Å²) in [6.07, 6.45) is 3.14. The molecule has 3 aromatic rings. The summed E-state index contributed by atoms with van der Waals surface area (Å²) in [5.74, 6) is 2.10. The quantitative estimate of drug-likeness (QED) is 0.625. The number of carbonyl (C=O) groups excluding carboxylic acids is 2. The molecule has 2 amide bonds. The van der Waals surface area contributed by atoms with Crippen molar-refractivity contribution >= 4 is 46.4 Å². The maximum absolute atomic E-state index is 12.7. The van der Waals surface area contributed by atoms with E-state index < -0.39 is 5.69 Å². The van der Waals surface area contributed by atoms with E-state index in [1.807, 2.05) is 11.8 Å². The Morgan fingerprint density at radius 2 is 1.77 bits per heavy atom. The highest BCUT2D eigenvalue weighted by Crippen LogP contribution is 2.20. The number of hydrogen-bond donors (Lipinski definition) is 2. The monoisotopic (exact) mass is 427 g/mol. The van der Waals surface area contributed by atoms with Crippen molar-refractivity contribution in [2.75, 3.05) is 40.1 Å². The first-order chi connectivity index (χ1) is 14.5. The van der Waals surface area contributed by atoms with Crippen LogP contribution in [0.1, 0.15) is 6.92 Å². The maximum Gasteiger partial charge on any atom is 0.350 e. The third-order valence-corrected chi connectivity index (χ3v) is 5.52. The van der Waals surface area contributed by atoms with Crippen molar-refractivity contribution in [2.24, 2.45) is 0 Å². The summed E-state index contributed by atoms with van der Waals surface area (Å²) in [7, 11) is 0. The molecule has 0 spiro atoms. The Hall–Kier alpha value is -3.34. The van der Waals surface area contributed by atoms with Gasteiger partial charge in [-0.2, -0.15) is 11.8 Å². The molecular weight excluding hydrogens is 406 g/mol. The number of benzene rings is 1. The molecule has 0 radical (unpaired) electrons. The number of hydrogen-bond acceptors (Lipinski definition) is 7. The fraction of sp³-hybridized carbons (Fsp3) is 0.316. The first-order valence-corrected chi connectivity index (χ1v) is 10.6. The number of amides is 2. The number of nitrogens with zero attached hydrogens (tertiary/aromatic N) is 5. The van der Waals surface area contributed by atoms with Crippen LogP contribution >= 0.6 is 11.8 Å². The predicted molar refractivity (Wildman–Crippen MR) is 116 cm³/mol. The lowest BCUT2D eigenvalue weighted by Crippen LogP contribution is -2.33. The number of carbonyl (C=O) groups is 2. The van der Waals surface area contributed by atoms with Crippen LogP contribution in [0.5, 0.6) is 0 Å². The maximum atomic E-state index is 12.7. The molecule has 2 aromatic heterocycles. The van der Waals surface area contributed by atoms with Crippen molar-refractivity contribution in [3.05, 3.63) is 47.1 Å². The van der Waals surface area contributed by atoms with E-state index in [1.165, 1.54) is 11.3 Å². The number of fused-ring (bicyclic) bond motifs is 1. The van der Waals surface area contributed by atoms with Gasteiger partial charge >= 0.3 is 5.69 Å². The van der Waals surface area contributed by atoms with Crippen molar-refractivity contribution in [3.8, 4) is 0 Å². The molecule has 1 aliphatic rings. The van der Waals surface area contributed by atoms with Crippen LogP contribution in [0.15, 0.2) is 41.5 Å². The third kappa shape index (κ3) is 4.30. The number of anilines is 3. The molecule has 30 heavy (non-hydrogen) atoms. The number of nitrogens with one attached hydrogen (secondary N) is 2. The average molecular weight is 427 g/mol. The van der Waals surface area contributed by atoms with Gasteiger partial charge in [0.05, 0.1) is 0 Å². The van der Waals surface area contributed by atoms with Crippen LogP contribution in [-0.2, 0) is 16.1 Å². The van der Waals surface area contributed by atoms with E-state index >= 15 is 0 Å². The van der Waals surface area contributed by atoms with Gasteiger partial charge in [-0.05, 0) is 24.3 Å². The molecule has 1 fully saturated rings. The summed E-state index contributed by atoms with van der Waals surface area (Å²) < 4.78 is 2.56. The van der Waals surface area contributed by atoms with Gasteiger partial charge in [-0.25, -0.2) is 18.9 Å². The van der Waals surface area contributed by atoms with Gasteiger partial charge in [0.2, 0.25) is 17.5 Å². The van der Waals surface area contributed by atoms with Crippen LogP contribution in [0, 0.1) is 0 Å². The van der Waals surface area contributed by atoms with Crippen LogP contribution in [-0.4, -0.2) is 55.6 Å². The van der Waals surface area contributed by atoms with Crippen LogP contribution in [0.3, 0.4) is 0 Å². The van der Waals surface area contributed by atoms with Crippen molar-refractivity contribution in [2.45, 2.75) is 13.5 Å². The molecule has 1 aromatic carbocycles. The fourth-order valence-corrected chi connectivity index (χ4v) is 4.12. The molecule has 11 heteroatoms. The van der Waals surface area contributed by atoms with E-state index in [9.17, 15) is 14.4 Å². The minimum atomic E-state index is -0.392. The topological polar surface area (TPSA) is 114 Å². The molecule has 0 atom stereocenters. The molecule has 156 valence electrons. The molecule has 0 saturated carbocycles. The second-order valence-corrected chi connectivity index (χ2v) is 8.02. The zero-order valence-electron chi connectivity index (χ0n) is 16.4. The third-order valence-electron chi connectivity index (χ3n) is 4.58. The Labute approximate surface area is 176 Å². The normalized spacial score (nSPS) is 14.0. The van der Waals surface area contributed by atoms with E-state index in [2.05, 4.69) is 25.6 Å². The summed E-state index contributed by atoms with van der Waals surface area (Å²) in [6.45, 7) is 2.89. The molecule has 0 unspecified atom stereocenters. The molecular formula is C19H21N7O3S. The second kappa shape index (κ2) is 8.57. The molecule has 1 aliphatic heterocycles. The van der Waals surface area contributed by atoms with Crippen molar-refractivity contribution in [3.63, 3.8) is 0 Å². The Morgan fingerprint density at radius 1 is 1.10 bits per heavy atom. The molecule has 1 saturated heterocycles. The van der Waals surface area contributed by atoms with E-state index in [0.29, 0.717) is 22.8 Å². The van der Waals surface area contributed by atoms with Gasteiger partial charge in [0.25, 0.3) is 0 Å².